The van der Waals surface area contributed by atoms with Crippen LogP contribution in [-0.2, 0) is 4.74 Å². The molecule has 0 fully saturated rings. The lowest BCUT2D eigenvalue weighted by Gasteiger charge is -2.05. The van der Waals surface area contributed by atoms with Crippen molar-refractivity contribution in [3.63, 3.8) is 0 Å². The molecule has 1 N–H and O–H groups in total. The molecule has 3 rings (SSSR count). The number of esters is 1. The monoisotopic (exact) mass is 401 g/mol. The van der Waals surface area contributed by atoms with E-state index >= 15 is 0 Å². The number of hydrogen-bond donors (Lipinski definition) is 1. The van der Waals surface area contributed by atoms with E-state index < -0.39 is 5.97 Å². The minimum Gasteiger partial charge on any atom is -0.504 e. The normalized spacial score (nSPS) is 11.3. The molecule has 0 aliphatic carbocycles. The standard InChI is InChI=1S/C19H19N3O5S/c1-5-27-19(25)16-10(2)15-17(28-16)21-11(3)22(18(15)24)20-9-12-6-7-13(23)14(8-12)26-4/h6-9,23H,5H2,1-4H3/b20-9+. The van der Waals surface area contributed by atoms with Gasteiger partial charge in [0.15, 0.2) is 11.5 Å². The third-order valence-electron chi connectivity index (χ3n) is 4.09. The van der Waals surface area contributed by atoms with Gasteiger partial charge in [-0.3, -0.25) is 4.79 Å². The summed E-state index contributed by atoms with van der Waals surface area (Å²) in [5, 5.41) is 14.2. The Hall–Kier alpha value is -3.20. The zero-order valence-electron chi connectivity index (χ0n) is 15.8. The number of benzene rings is 1. The highest BCUT2D eigenvalue weighted by Crippen LogP contribution is 2.28. The summed E-state index contributed by atoms with van der Waals surface area (Å²) in [6, 6.07) is 4.72. The SMILES string of the molecule is CCOC(=O)c1sc2nc(C)n(/N=C/c3ccc(O)c(OC)c3)c(=O)c2c1C. The van der Waals surface area contributed by atoms with Crippen LogP contribution in [0.15, 0.2) is 28.1 Å². The molecular formula is C19H19N3O5S. The summed E-state index contributed by atoms with van der Waals surface area (Å²) in [5.41, 5.74) is 0.801. The zero-order chi connectivity index (χ0) is 20.4. The highest BCUT2D eigenvalue weighted by atomic mass is 32.1. The van der Waals surface area contributed by atoms with Crippen LogP contribution in [0, 0.1) is 13.8 Å². The van der Waals surface area contributed by atoms with Crippen molar-refractivity contribution in [3.05, 3.63) is 50.4 Å². The van der Waals surface area contributed by atoms with E-state index in [1.165, 1.54) is 24.1 Å². The predicted molar refractivity (Wildman–Crippen MR) is 107 cm³/mol. The van der Waals surface area contributed by atoms with Crippen molar-refractivity contribution in [1.29, 1.82) is 0 Å². The van der Waals surface area contributed by atoms with Crippen LogP contribution in [0.25, 0.3) is 10.2 Å². The largest absolute Gasteiger partial charge is 0.504 e. The van der Waals surface area contributed by atoms with E-state index in [9.17, 15) is 14.7 Å². The number of aromatic hydroxyl groups is 1. The van der Waals surface area contributed by atoms with Gasteiger partial charge in [-0.15, -0.1) is 11.3 Å². The van der Waals surface area contributed by atoms with Crippen LogP contribution in [0.5, 0.6) is 11.5 Å². The number of methoxy groups -OCH3 is 1. The highest BCUT2D eigenvalue weighted by molar-refractivity contribution is 7.20. The Morgan fingerprint density at radius 3 is 2.82 bits per heavy atom. The van der Waals surface area contributed by atoms with E-state index in [1.807, 2.05) is 0 Å². The second-order valence-corrected chi connectivity index (χ2v) is 6.91. The van der Waals surface area contributed by atoms with Crippen LogP contribution in [0.1, 0.15) is 33.5 Å². The summed E-state index contributed by atoms with van der Waals surface area (Å²) in [4.78, 5) is 30.3. The Bertz CT molecular complexity index is 1150. The van der Waals surface area contributed by atoms with Crippen molar-refractivity contribution in [2.75, 3.05) is 13.7 Å². The number of aromatic nitrogens is 2. The van der Waals surface area contributed by atoms with Crippen molar-refractivity contribution in [2.24, 2.45) is 5.10 Å². The molecule has 8 nitrogen and oxygen atoms in total. The Morgan fingerprint density at radius 2 is 2.14 bits per heavy atom. The molecule has 1 aromatic carbocycles. The Morgan fingerprint density at radius 1 is 1.39 bits per heavy atom. The van der Waals surface area contributed by atoms with Gasteiger partial charge in [-0.25, -0.2) is 9.78 Å². The fourth-order valence-electron chi connectivity index (χ4n) is 2.70. The second-order valence-electron chi connectivity index (χ2n) is 5.91. The van der Waals surface area contributed by atoms with E-state index in [0.29, 0.717) is 37.8 Å². The number of phenols is 1. The minimum atomic E-state index is -0.466. The first-order valence-corrected chi connectivity index (χ1v) is 9.30. The van der Waals surface area contributed by atoms with Crippen molar-refractivity contribution < 1.29 is 19.4 Å². The van der Waals surface area contributed by atoms with Gasteiger partial charge in [0.25, 0.3) is 5.56 Å². The van der Waals surface area contributed by atoms with Crippen LogP contribution < -0.4 is 10.3 Å². The third kappa shape index (κ3) is 3.48. The van der Waals surface area contributed by atoms with Gasteiger partial charge >= 0.3 is 5.97 Å². The number of phenolic OH excluding ortho intramolecular Hbond substituents is 1. The summed E-state index contributed by atoms with van der Waals surface area (Å²) in [5.74, 6) is 0.230. The van der Waals surface area contributed by atoms with Crippen LogP contribution in [0.4, 0.5) is 0 Å². The second kappa shape index (κ2) is 7.81. The van der Waals surface area contributed by atoms with Gasteiger partial charge in [-0.2, -0.15) is 9.78 Å². The molecule has 0 spiro atoms. The van der Waals surface area contributed by atoms with Gasteiger partial charge < -0.3 is 14.6 Å². The predicted octanol–water partition coefficient (Wildman–Crippen LogP) is 2.85. The fourth-order valence-corrected chi connectivity index (χ4v) is 3.81. The molecular weight excluding hydrogens is 382 g/mol. The summed E-state index contributed by atoms with van der Waals surface area (Å²) in [6.07, 6.45) is 1.47. The van der Waals surface area contributed by atoms with E-state index in [-0.39, 0.29) is 17.9 Å². The molecule has 146 valence electrons. The molecule has 0 amide bonds. The quantitative estimate of drug-likeness (QED) is 0.521. The van der Waals surface area contributed by atoms with Gasteiger partial charge in [0.2, 0.25) is 0 Å². The van der Waals surface area contributed by atoms with Crippen LogP contribution in [0.2, 0.25) is 0 Å². The molecule has 2 heterocycles. The number of carbonyl (C=O) groups excluding carboxylic acids is 1. The maximum absolute atomic E-state index is 13.0. The zero-order valence-corrected chi connectivity index (χ0v) is 16.7. The molecule has 0 aliphatic rings. The molecule has 0 aliphatic heterocycles. The van der Waals surface area contributed by atoms with E-state index in [2.05, 4.69) is 10.1 Å². The number of rotatable bonds is 5. The van der Waals surface area contributed by atoms with Crippen molar-refractivity contribution >= 4 is 33.7 Å². The fraction of sp³-hybridized carbons (Fsp3) is 0.263. The Kier molecular flexibility index (Phi) is 5.46. The third-order valence-corrected chi connectivity index (χ3v) is 5.26. The molecule has 0 atom stereocenters. The molecule has 0 radical (unpaired) electrons. The van der Waals surface area contributed by atoms with Crippen LogP contribution >= 0.6 is 11.3 Å². The number of aryl methyl sites for hydroxylation is 2. The lowest BCUT2D eigenvalue weighted by Crippen LogP contribution is -2.20. The lowest BCUT2D eigenvalue weighted by atomic mass is 10.2. The average Bonchev–Trinajstić information content (AvgIpc) is 2.99. The molecule has 0 bridgehead atoms. The highest BCUT2D eigenvalue weighted by Gasteiger charge is 2.21. The van der Waals surface area contributed by atoms with E-state index in [4.69, 9.17) is 9.47 Å². The van der Waals surface area contributed by atoms with Gasteiger partial charge in [-0.1, -0.05) is 0 Å². The first-order valence-electron chi connectivity index (χ1n) is 8.48. The smallest absolute Gasteiger partial charge is 0.348 e. The molecule has 9 heteroatoms. The average molecular weight is 401 g/mol. The number of ether oxygens (including phenoxy) is 2. The summed E-state index contributed by atoms with van der Waals surface area (Å²) < 4.78 is 11.3. The van der Waals surface area contributed by atoms with Crippen molar-refractivity contribution in [3.8, 4) is 11.5 Å². The van der Waals surface area contributed by atoms with Crippen LogP contribution in [-0.4, -0.2) is 40.7 Å². The maximum atomic E-state index is 13.0. The number of carbonyl (C=O) groups is 1. The first-order chi connectivity index (χ1) is 13.4. The first kappa shape index (κ1) is 19.6. The number of hydrogen-bond acceptors (Lipinski definition) is 8. The molecule has 2 aromatic heterocycles. The number of fused-ring (bicyclic) bond motifs is 1. The van der Waals surface area contributed by atoms with Crippen molar-refractivity contribution in [1.82, 2.24) is 9.66 Å². The van der Waals surface area contributed by atoms with Gasteiger partial charge in [0, 0.05) is 0 Å². The maximum Gasteiger partial charge on any atom is 0.348 e. The van der Waals surface area contributed by atoms with Gasteiger partial charge in [-0.05, 0) is 50.1 Å². The molecule has 0 saturated carbocycles. The van der Waals surface area contributed by atoms with E-state index in [0.717, 1.165) is 11.3 Å². The number of thiophene rings is 1. The molecule has 0 unspecified atom stereocenters. The summed E-state index contributed by atoms with van der Waals surface area (Å²) >= 11 is 1.13. The van der Waals surface area contributed by atoms with Crippen molar-refractivity contribution in [2.45, 2.75) is 20.8 Å². The topological polar surface area (TPSA) is 103 Å². The van der Waals surface area contributed by atoms with Gasteiger partial charge in [0.1, 0.15) is 15.5 Å². The Balaban J connectivity index is 2.08. The number of nitrogens with zero attached hydrogens (tertiary/aromatic N) is 3. The summed E-state index contributed by atoms with van der Waals surface area (Å²) in [6.45, 7) is 5.34. The minimum absolute atomic E-state index is 0.0106. The van der Waals surface area contributed by atoms with E-state index in [1.54, 1.807) is 32.9 Å². The molecule has 28 heavy (non-hydrogen) atoms. The summed E-state index contributed by atoms with van der Waals surface area (Å²) in [7, 11) is 1.45. The van der Waals surface area contributed by atoms with Crippen LogP contribution in [0.3, 0.4) is 0 Å². The Labute approximate surface area is 164 Å². The molecule has 3 aromatic rings. The molecule has 0 saturated heterocycles. The lowest BCUT2D eigenvalue weighted by molar-refractivity contribution is 0.0531. The van der Waals surface area contributed by atoms with Gasteiger partial charge in [0.05, 0.1) is 25.3 Å².